The maximum Gasteiger partial charge on any atom is 0.410 e. The van der Waals surface area contributed by atoms with Crippen molar-refractivity contribution in [1.82, 2.24) is 14.9 Å². The molecule has 6 heteroatoms. The molecular weight excluding hydrogens is 390 g/mol. The summed E-state index contributed by atoms with van der Waals surface area (Å²) in [6, 6.07) is 17.4. The van der Waals surface area contributed by atoms with E-state index in [9.17, 15) is 9.59 Å². The average Bonchev–Trinajstić information content (AvgIpc) is 2.81. The molecule has 0 saturated carbocycles. The highest BCUT2D eigenvalue weighted by atomic mass is 16.6. The minimum atomic E-state index is -0.269. The Morgan fingerprint density at radius 3 is 2.35 bits per heavy atom. The molecule has 2 fully saturated rings. The van der Waals surface area contributed by atoms with Gasteiger partial charge in [0.05, 0.1) is 17.2 Å². The molecule has 6 nitrogen and oxygen atoms in total. The Balaban J connectivity index is 1.29. The van der Waals surface area contributed by atoms with Gasteiger partial charge >= 0.3 is 6.09 Å². The smallest absolute Gasteiger partial charge is 0.410 e. The van der Waals surface area contributed by atoms with Crippen LogP contribution in [0.4, 0.5) is 4.79 Å². The summed E-state index contributed by atoms with van der Waals surface area (Å²) in [5.41, 5.74) is 2.91. The van der Waals surface area contributed by atoms with Crippen molar-refractivity contribution in [1.29, 1.82) is 0 Å². The van der Waals surface area contributed by atoms with Gasteiger partial charge in [-0.3, -0.25) is 9.78 Å². The Kier molecular flexibility index (Phi) is 5.37. The van der Waals surface area contributed by atoms with Gasteiger partial charge in [0, 0.05) is 18.0 Å². The zero-order valence-corrected chi connectivity index (χ0v) is 17.3. The topological polar surface area (TPSA) is 72.4 Å². The monoisotopic (exact) mass is 415 g/mol. The van der Waals surface area contributed by atoms with E-state index in [2.05, 4.69) is 9.97 Å². The second-order valence-corrected chi connectivity index (χ2v) is 8.46. The van der Waals surface area contributed by atoms with E-state index in [-0.39, 0.29) is 36.5 Å². The molecule has 1 aromatic heterocycles. The molecule has 0 radical (unpaired) electrons. The summed E-state index contributed by atoms with van der Waals surface area (Å²) in [7, 11) is 0. The second kappa shape index (κ2) is 8.46. The number of piperidine rings is 2. The van der Waals surface area contributed by atoms with Crippen LogP contribution in [0.15, 0.2) is 60.8 Å². The molecule has 158 valence electrons. The highest BCUT2D eigenvalue weighted by molar-refractivity contribution is 5.97. The number of hydrogen-bond acceptors (Lipinski definition) is 5. The predicted octanol–water partition coefficient (Wildman–Crippen LogP) is 4.78. The Bertz CT molecular complexity index is 1090. The summed E-state index contributed by atoms with van der Waals surface area (Å²) < 4.78 is 5.61. The molecule has 2 aromatic carbocycles. The number of Topliss-reactive ketones (excluding diaryl/α,β-unsaturated/α-hetero) is 1. The van der Waals surface area contributed by atoms with Gasteiger partial charge in [-0.15, -0.1) is 0 Å². The number of nitrogens with zero attached hydrogens (tertiary/aromatic N) is 3. The SMILES string of the molecule is O=C(c1cnc2ccccc2n1)C1CC2CCCC(C1)N2C(=O)OCc1ccccc1. The van der Waals surface area contributed by atoms with Crippen molar-refractivity contribution in [3.63, 3.8) is 0 Å². The van der Waals surface area contributed by atoms with Gasteiger partial charge in [-0.2, -0.15) is 0 Å². The molecule has 5 rings (SSSR count). The van der Waals surface area contributed by atoms with Gasteiger partial charge in [-0.05, 0) is 49.8 Å². The Labute approximate surface area is 181 Å². The molecule has 0 aliphatic carbocycles. The normalized spacial score (nSPS) is 22.8. The molecule has 1 amide bonds. The van der Waals surface area contributed by atoms with E-state index >= 15 is 0 Å². The molecule has 2 aliphatic rings. The van der Waals surface area contributed by atoms with Crippen LogP contribution in [-0.4, -0.2) is 38.8 Å². The fraction of sp³-hybridized carbons (Fsp3) is 0.360. The molecule has 2 unspecified atom stereocenters. The lowest BCUT2D eigenvalue weighted by atomic mass is 9.76. The van der Waals surface area contributed by atoms with E-state index < -0.39 is 0 Å². The number of fused-ring (bicyclic) bond motifs is 3. The van der Waals surface area contributed by atoms with Gasteiger partial charge in [-0.25, -0.2) is 9.78 Å². The summed E-state index contributed by atoms with van der Waals surface area (Å²) in [6.07, 6.45) is 5.52. The fourth-order valence-electron chi connectivity index (χ4n) is 4.97. The molecule has 31 heavy (non-hydrogen) atoms. The number of ketones is 1. The summed E-state index contributed by atoms with van der Waals surface area (Å²) in [5, 5.41) is 0. The Hall–Kier alpha value is -3.28. The highest BCUT2D eigenvalue weighted by Gasteiger charge is 2.44. The van der Waals surface area contributed by atoms with Crippen LogP contribution in [0.3, 0.4) is 0 Å². The molecule has 3 heterocycles. The van der Waals surface area contributed by atoms with Crippen LogP contribution in [0.5, 0.6) is 0 Å². The Morgan fingerprint density at radius 2 is 1.61 bits per heavy atom. The molecular formula is C25H25N3O3. The third-order valence-electron chi connectivity index (χ3n) is 6.46. The lowest BCUT2D eigenvalue weighted by molar-refractivity contribution is 0.00463. The first-order valence-corrected chi connectivity index (χ1v) is 10.9. The fourth-order valence-corrected chi connectivity index (χ4v) is 4.97. The third kappa shape index (κ3) is 4.02. The minimum Gasteiger partial charge on any atom is -0.445 e. The molecule has 3 aromatic rings. The largest absolute Gasteiger partial charge is 0.445 e. The van der Waals surface area contributed by atoms with Crippen LogP contribution in [0.1, 0.15) is 48.2 Å². The van der Waals surface area contributed by atoms with Crippen molar-refractivity contribution in [3.05, 3.63) is 72.1 Å². The van der Waals surface area contributed by atoms with Crippen LogP contribution in [0.25, 0.3) is 11.0 Å². The number of aromatic nitrogens is 2. The highest BCUT2D eigenvalue weighted by Crippen LogP contribution is 2.38. The van der Waals surface area contributed by atoms with Gasteiger partial charge in [0.2, 0.25) is 0 Å². The van der Waals surface area contributed by atoms with Crippen molar-refractivity contribution in [2.24, 2.45) is 5.92 Å². The summed E-state index contributed by atoms with van der Waals surface area (Å²) >= 11 is 0. The lowest BCUT2D eigenvalue weighted by Crippen LogP contribution is -2.55. The molecule has 0 N–H and O–H groups in total. The van der Waals surface area contributed by atoms with Crippen LogP contribution < -0.4 is 0 Å². The van der Waals surface area contributed by atoms with E-state index in [0.29, 0.717) is 18.5 Å². The number of para-hydroxylation sites is 2. The molecule has 0 spiro atoms. The maximum absolute atomic E-state index is 13.2. The maximum atomic E-state index is 13.2. The van der Waals surface area contributed by atoms with Crippen LogP contribution in [0.2, 0.25) is 0 Å². The zero-order chi connectivity index (χ0) is 21.2. The average molecular weight is 415 g/mol. The van der Waals surface area contributed by atoms with E-state index in [1.165, 1.54) is 0 Å². The van der Waals surface area contributed by atoms with Crippen LogP contribution in [0, 0.1) is 5.92 Å². The zero-order valence-electron chi connectivity index (χ0n) is 17.3. The first-order valence-electron chi connectivity index (χ1n) is 10.9. The summed E-state index contributed by atoms with van der Waals surface area (Å²) in [5.74, 6) is -0.101. The summed E-state index contributed by atoms with van der Waals surface area (Å²) in [4.78, 5) is 36.9. The molecule has 2 saturated heterocycles. The van der Waals surface area contributed by atoms with E-state index in [1.807, 2.05) is 59.5 Å². The first-order chi connectivity index (χ1) is 15.2. The number of benzene rings is 2. The van der Waals surface area contributed by atoms with Crippen molar-refractivity contribution >= 4 is 22.9 Å². The van der Waals surface area contributed by atoms with E-state index in [1.54, 1.807) is 6.20 Å². The molecule has 2 bridgehead atoms. The van der Waals surface area contributed by atoms with Crippen LogP contribution >= 0.6 is 0 Å². The van der Waals surface area contributed by atoms with Gasteiger partial charge in [0.15, 0.2) is 5.78 Å². The predicted molar refractivity (Wildman–Crippen MR) is 116 cm³/mol. The molecule has 2 atom stereocenters. The van der Waals surface area contributed by atoms with E-state index in [0.717, 1.165) is 35.9 Å². The number of ether oxygens (including phenoxy) is 1. The van der Waals surface area contributed by atoms with Crippen molar-refractivity contribution in [2.75, 3.05) is 0 Å². The van der Waals surface area contributed by atoms with Gasteiger partial charge in [-0.1, -0.05) is 42.5 Å². The van der Waals surface area contributed by atoms with E-state index in [4.69, 9.17) is 4.74 Å². The van der Waals surface area contributed by atoms with Crippen molar-refractivity contribution in [3.8, 4) is 0 Å². The number of amides is 1. The Morgan fingerprint density at radius 1 is 0.935 bits per heavy atom. The first kappa shape index (κ1) is 19.7. The van der Waals surface area contributed by atoms with Crippen molar-refractivity contribution in [2.45, 2.75) is 50.8 Å². The van der Waals surface area contributed by atoms with Gasteiger partial charge in [0.1, 0.15) is 12.3 Å². The lowest BCUT2D eigenvalue weighted by Gasteiger charge is -2.47. The third-order valence-corrected chi connectivity index (χ3v) is 6.46. The van der Waals surface area contributed by atoms with Crippen LogP contribution in [-0.2, 0) is 11.3 Å². The van der Waals surface area contributed by atoms with Crippen molar-refractivity contribution < 1.29 is 14.3 Å². The second-order valence-electron chi connectivity index (χ2n) is 8.46. The minimum absolute atomic E-state index is 0.0347. The molecule has 2 aliphatic heterocycles. The van der Waals surface area contributed by atoms with Gasteiger partial charge in [0.25, 0.3) is 0 Å². The number of carbonyl (C=O) groups excluding carboxylic acids is 2. The number of hydrogen-bond donors (Lipinski definition) is 0. The van der Waals surface area contributed by atoms with Gasteiger partial charge < -0.3 is 9.64 Å². The summed E-state index contributed by atoms with van der Waals surface area (Å²) in [6.45, 7) is 0.269. The number of carbonyl (C=O) groups is 2. The quantitative estimate of drug-likeness (QED) is 0.573. The standard InChI is InChI=1S/C25H25N3O3/c29-24(23-15-26-21-11-4-5-12-22(21)27-23)18-13-19-9-6-10-20(14-18)28(19)25(30)31-16-17-7-2-1-3-8-17/h1-5,7-8,11-12,15,18-20H,6,9-10,13-14,16H2. The number of rotatable bonds is 4.